The molecule has 2 N–H and O–H groups in total. The highest BCUT2D eigenvalue weighted by Gasteiger charge is 2.21. The number of aryl methyl sites for hydroxylation is 2. The van der Waals surface area contributed by atoms with E-state index >= 15 is 0 Å². The van der Waals surface area contributed by atoms with E-state index in [2.05, 4.69) is 25.7 Å². The van der Waals surface area contributed by atoms with E-state index in [0.717, 1.165) is 30.0 Å². The quantitative estimate of drug-likeness (QED) is 0.764. The molecule has 0 saturated heterocycles. The maximum absolute atomic E-state index is 12.3. The molecule has 25 heavy (non-hydrogen) atoms. The van der Waals surface area contributed by atoms with Crippen LogP contribution in [0.2, 0.25) is 0 Å². The zero-order valence-corrected chi connectivity index (χ0v) is 13.8. The molecule has 8 heteroatoms. The topological polar surface area (TPSA) is 97.9 Å². The van der Waals surface area contributed by atoms with Crippen molar-refractivity contribution in [2.45, 2.75) is 32.4 Å². The SMILES string of the molecule is Cc1cnc(-c2cccc(NC(=O)NC3CCc4ncnn4C3)c2)o1. The fraction of sp³-hybridized carbons (Fsp3) is 0.294. The number of oxazole rings is 1. The molecule has 2 aromatic heterocycles. The van der Waals surface area contributed by atoms with Crippen LogP contribution in [0.3, 0.4) is 0 Å². The minimum absolute atomic E-state index is 0.0340. The number of carbonyl (C=O) groups is 1. The second kappa shape index (κ2) is 6.39. The zero-order valence-electron chi connectivity index (χ0n) is 13.8. The third kappa shape index (κ3) is 3.37. The first-order valence-corrected chi connectivity index (χ1v) is 8.14. The first-order valence-electron chi connectivity index (χ1n) is 8.14. The third-order valence-electron chi connectivity index (χ3n) is 4.13. The van der Waals surface area contributed by atoms with Gasteiger partial charge in [0.25, 0.3) is 0 Å². The van der Waals surface area contributed by atoms with Gasteiger partial charge in [-0.05, 0) is 31.5 Å². The second-order valence-corrected chi connectivity index (χ2v) is 6.05. The Morgan fingerprint density at radius 2 is 2.28 bits per heavy atom. The molecule has 1 aliphatic rings. The molecule has 1 aromatic carbocycles. The predicted octanol–water partition coefficient (Wildman–Crippen LogP) is 2.38. The van der Waals surface area contributed by atoms with E-state index in [1.54, 1.807) is 12.5 Å². The molecule has 2 amide bonds. The van der Waals surface area contributed by atoms with E-state index in [9.17, 15) is 4.79 Å². The number of fused-ring (bicyclic) bond motifs is 1. The van der Waals surface area contributed by atoms with Crippen LogP contribution in [0.1, 0.15) is 18.0 Å². The number of urea groups is 1. The Kier molecular flexibility index (Phi) is 3.93. The number of amides is 2. The summed E-state index contributed by atoms with van der Waals surface area (Å²) in [5.41, 5.74) is 1.50. The Hall–Kier alpha value is -3.16. The highest BCUT2D eigenvalue weighted by molar-refractivity contribution is 5.90. The lowest BCUT2D eigenvalue weighted by Gasteiger charge is -2.23. The van der Waals surface area contributed by atoms with Crippen molar-refractivity contribution in [3.8, 4) is 11.5 Å². The molecule has 1 aliphatic heterocycles. The molecule has 0 saturated carbocycles. The van der Waals surface area contributed by atoms with Crippen LogP contribution in [0.25, 0.3) is 11.5 Å². The molecule has 1 atom stereocenters. The van der Waals surface area contributed by atoms with Gasteiger partial charge in [0.2, 0.25) is 5.89 Å². The van der Waals surface area contributed by atoms with Crippen molar-refractivity contribution in [1.82, 2.24) is 25.1 Å². The number of benzene rings is 1. The van der Waals surface area contributed by atoms with Gasteiger partial charge in [0, 0.05) is 17.7 Å². The van der Waals surface area contributed by atoms with Gasteiger partial charge < -0.3 is 15.1 Å². The molecule has 128 valence electrons. The Morgan fingerprint density at radius 1 is 1.36 bits per heavy atom. The summed E-state index contributed by atoms with van der Waals surface area (Å²) in [4.78, 5) is 20.7. The average molecular weight is 338 g/mol. The smallest absolute Gasteiger partial charge is 0.319 e. The van der Waals surface area contributed by atoms with Gasteiger partial charge in [-0.15, -0.1) is 0 Å². The summed E-state index contributed by atoms with van der Waals surface area (Å²) in [6.07, 6.45) is 4.88. The Labute approximate surface area is 144 Å². The molecule has 0 spiro atoms. The van der Waals surface area contributed by atoms with Gasteiger partial charge in [0.1, 0.15) is 17.9 Å². The summed E-state index contributed by atoms with van der Waals surface area (Å²) < 4.78 is 7.35. The number of nitrogens with one attached hydrogen (secondary N) is 2. The highest BCUT2D eigenvalue weighted by atomic mass is 16.4. The van der Waals surface area contributed by atoms with Crippen LogP contribution in [-0.4, -0.2) is 31.8 Å². The minimum atomic E-state index is -0.241. The van der Waals surface area contributed by atoms with Crippen LogP contribution in [0, 0.1) is 6.92 Å². The largest absolute Gasteiger partial charge is 0.441 e. The fourth-order valence-corrected chi connectivity index (χ4v) is 2.93. The zero-order chi connectivity index (χ0) is 17.2. The van der Waals surface area contributed by atoms with E-state index in [1.807, 2.05) is 35.9 Å². The van der Waals surface area contributed by atoms with Crippen molar-refractivity contribution in [1.29, 1.82) is 0 Å². The second-order valence-electron chi connectivity index (χ2n) is 6.05. The molecule has 4 rings (SSSR count). The summed E-state index contributed by atoms with van der Waals surface area (Å²) in [5, 5.41) is 10.0. The summed E-state index contributed by atoms with van der Waals surface area (Å²) in [6.45, 7) is 2.48. The lowest BCUT2D eigenvalue weighted by atomic mass is 10.1. The van der Waals surface area contributed by atoms with Gasteiger partial charge in [-0.1, -0.05) is 6.07 Å². The maximum atomic E-state index is 12.3. The number of carbonyl (C=O) groups excluding carboxylic acids is 1. The van der Waals surface area contributed by atoms with E-state index in [1.165, 1.54) is 0 Å². The maximum Gasteiger partial charge on any atom is 0.319 e. The van der Waals surface area contributed by atoms with Crippen LogP contribution in [-0.2, 0) is 13.0 Å². The van der Waals surface area contributed by atoms with E-state index < -0.39 is 0 Å². The molecular weight excluding hydrogens is 320 g/mol. The normalized spacial score (nSPS) is 16.3. The van der Waals surface area contributed by atoms with Crippen LogP contribution >= 0.6 is 0 Å². The molecule has 0 fully saturated rings. The van der Waals surface area contributed by atoms with Gasteiger partial charge in [0.05, 0.1) is 18.8 Å². The van der Waals surface area contributed by atoms with Crippen molar-refractivity contribution in [2.24, 2.45) is 0 Å². The summed E-state index contributed by atoms with van der Waals surface area (Å²) in [6, 6.07) is 7.20. The Balaban J connectivity index is 1.40. The molecule has 0 aliphatic carbocycles. The molecule has 1 unspecified atom stereocenters. The number of hydrogen-bond acceptors (Lipinski definition) is 5. The molecule has 3 heterocycles. The predicted molar refractivity (Wildman–Crippen MR) is 91.0 cm³/mol. The van der Waals surface area contributed by atoms with Crippen LogP contribution in [0.4, 0.5) is 10.5 Å². The monoisotopic (exact) mass is 338 g/mol. The van der Waals surface area contributed by atoms with Gasteiger partial charge in [-0.25, -0.2) is 19.4 Å². The fourth-order valence-electron chi connectivity index (χ4n) is 2.93. The Bertz CT molecular complexity index is 900. The number of nitrogens with zero attached hydrogens (tertiary/aromatic N) is 4. The standard InChI is InChI=1S/C17H18N6O2/c1-11-8-18-16(25-11)12-3-2-4-13(7-12)21-17(24)22-14-5-6-15-19-10-20-23(15)9-14/h2-4,7-8,10,14H,5-6,9H2,1H3,(H2,21,22,24). The average Bonchev–Trinajstić information content (AvgIpc) is 3.23. The number of anilines is 1. The molecule has 0 radical (unpaired) electrons. The summed E-state index contributed by atoms with van der Waals surface area (Å²) in [7, 11) is 0. The number of hydrogen-bond donors (Lipinski definition) is 2. The van der Waals surface area contributed by atoms with Gasteiger partial charge in [-0.3, -0.25) is 0 Å². The van der Waals surface area contributed by atoms with Crippen molar-refractivity contribution in [3.05, 3.63) is 48.4 Å². The lowest BCUT2D eigenvalue weighted by Crippen LogP contribution is -2.43. The van der Waals surface area contributed by atoms with Gasteiger partial charge in [-0.2, -0.15) is 5.10 Å². The van der Waals surface area contributed by atoms with Crippen LogP contribution in [0.5, 0.6) is 0 Å². The molecule has 0 bridgehead atoms. The first kappa shape index (κ1) is 15.4. The molecule has 8 nitrogen and oxygen atoms in total. The number of rotatable bonds is 3. The third-order valence-corrected chi connectivity index (χ3v) is 4.13. The van der Waals surface area contributed by atoms with Crippen LogP contribution < -0.4 is 10.6 Å². The minimum Gasteiger partial charge on any atom is -0.441 e. The van der Waals surface area contributed by atoms with Crippen molar-refractivity contribution in [3.63, 3.8) is 0 Å². The highest BCUT2D eigenvalue weighted by Crippen LogP contribution is 2.22. The summed E-state index contributed by atoms with van der Waals surface area (Å²) in [5.74, 6) is 2.25. The van der Waals surface area contributed by atoms with Gasteiger partial charge in [0.15, 0.2) is 0 Å². The molecular formula is C17H18N6O2. The van der Waals surface area contributed by atoms with Crippen molar-refractivity contribution < 1.29 is 9.21 Å². The van der Waals surface area contributed by atoms with E-state index in [0.29, 0.717) is 18.1 Å². The Morgan fingerprint density at radius 3 is 3.12 bits per heavy atom. The lowest BCUT2D eigenvalue weighted by molar-refractivity contribution is 0.243. The van der Waals surface area contributed by atoms with E-state index in [4.69, 9.17) is 4.42 Å². The van der Waals surface area contributed by atoms with Crippen molar-refractivity contribution in [2.75, 3.05) is 5.32 Å². The van der Waals surface area contributed by atoms with E-state index in [-0.39, 0.29) is 12.1 Å². The van der Waals surface area contributed by atoms with Crippen LogP contribution in [0.15, 0.2) is 41.2 Å². The molecule has 3 aromatic rings. The summed E-state index contributed by atoms with van der Waals surface area (Å²) >= 11 is 0. The van der Waals surface area contributed by atoms with Gasteiger partial charge >= 0.3 is 6.03 Å². The van der Waals surface area contributed by atoms with Crippen molar-refractivity contribution >= 4 is 11.7 Å². The number of aromatic nitrogens is 4. The first-order chi connectivity index (χ1) is 12.2.